The maximum atomic E-state index is 12.7. The van der Waals surface area contributed by atoms with Gasteiger partial charge in [0.05, 0.1) is 19.0 Å². The number of allylic oxidation sites excluding steroid dienone is 3. The third-order valence-corrected chi connectivity index (χ3v) is 7.23. The summed E-state index contributed by atoms with van der Waals surface area (Å²) >= 11 is 0. The largest absolute Gasteiger partial charge is 0.468 e. The Bertz CT molecular complexity index is 781. The summed E-state index contributed by atoms with van der Waals surface area (Å²) in [4.78, 5) is 17.6. The molecule has 1 saturated carbocycles. The van der Waals surface area contributed by atoms with Gasteiger partial charge in [0.25, 0.3) is 0 Å². The molecule has 1 fully saturated rings. The van der Waals surface area contributed by atoms with Gasteiger partial charge in [0, 0.05) is 12.3 Å². The molecule has 3 aliphatic carbocycles. The SMILES string of the molecule is CNC1(C2C=C3CC(C)CC(C3)C2)C=NC2=C(O1)C(C(=O)OC)CCCC/C=C\C2. The maximum Gasteiger partial charge on any atom is 0.316 e. The lowest BCUT2D eigenvalue weighted by atomic mass is 9.68. The molecule has 4 aliphatic rings. The summed E-state index contributed by atoms with van der Waals surface area (Å²) in [5, 5.41) is 3.44. The van der Waals surface area contributed by atoms with Crippen molar-refractivity contribution in [1.82, 2.24) is 5.32 Å². The van der Waals surface area contributed by atoms with Gasteiger partial charge in [-0.1, -0.05) is 37.1 Å². The highest BCUT2D eigenvalue weighted by Gasteiger charge is 2.46. The number of nitrogens with one attached hydrogen (secondary N) is 1. The van der Waals surface area contributed by atoms with Crippen molar-refractivity contribution in [2.24, 2.45) is 28.7 Å². The summed E-state index contributed by atoms with van der Waals surface area (Å²) in [5.41, 5.74) is 1.70. The Morgan fingerprint density at radius 2 is 2.13 bits per heavy atom. The van der Waals surface area contributed by atoms with Gasteiger partial charge in [-0.05, 0) is 63.8 Å². The van der Waals surface area contributed by atoms with E-state index in [0.29, 0.717) is 18.1 Å². The van der Waals surface area contributed by atoms with E-state index in [4.69, 9.17) is 14.5 Å². The number of hydrogen-bond donors (Lipinski definition) is 1. The molecule has 164 valence electrons. The minimum Gasteiger partial charge on any atom is -0.468 e. The molecular weight excluding hydrogens is 376 g/mol. The van der Waals surface area contributed by atoms with Crippen LogP contribution in [0.15, 0.2) is 40.2 Å². The maximum absolute atomic E-state index is 12.7. The zero-order valence-electron chi connectivity index (χ0n) is 18.7. The van der Waals surface area contributed by atoms with Crippen LogP contribution < -0.4 is 5.32 Å². The van der Waals surface area contributed by atoms with Crippen LogP contribution in [0.2, 0.25) is 0 Å². The van der Waals surface area contributed by atoms with Crippen molar-refractivity contribution in [2.45, 2.75) is 70.4 Å². The van der Waals surface area contributed by atoms with Gasteiger partial charge in [0.1, 0.15) is 11.7 Å². The Morgan fingerprint density at radius 3 is 2.90 bits per heavy atom. The number of aliphatic imine (C=N–C) groups is 1. The molecule has 4 rings (SSSR count). The van der Waals surface area contributed by atoms with Gasteiger partial charge in [-0.3, -0.25) is 15.1 Å². The quantitative estimate of drug-likeness (QED) is 0.529. The lowest BCUT2D eigenvalue weighted by Gasteiger charge is -2.45. The summed E-state index contributed by atoms with van der Waals surface area (Å²) in [6, 6.07) is 0. The fourth-order valence-corrected chi connectivity index (χ4v) is 5.79. The van der Waals surface area contributed by atoms with Crippen LogP contribution in [0.3, 0.4) is 0 Å². The Labute approximate surface area is 180 Å². The van der Waals surface area contributed by atoms with Crippen LogP contribution >= 0.6 is 0 Å². The van der Waals surface area contributed by atoms with E-state index in [1.54, 1.807) is 5.57 Å². The first kappa shape index (κ1) is 21.4. The molecular formula is C25H36N2O3. The first-order valence-electron chi connectivity index (χ1n) is 11.6. The molecule has 30 heavy (non-hydrogen) atoms. The van der Waals surface area contributed by atoms with E-state index in [1.165, 1.54) is 26.4 Å². The minimum atomic E-state index is -0.705. The van der Waals surface area contributed by atoms with Gasteiger partial charge in [0.15, 0.2) is 0 Å². The molecule has 0 amide bonds. The first-order valence-corrected chi connectivity index (χ1v) is 11.6. The number of esters is 1. The monoisotopic (exact) mass is 412 g/mol. The smallest absolute Gasteiger partial charge is 0.316 e. The van der Waals surface area contributed by atoms with E-state index in [-0.39, 0.29) is 11.9 Å². The van der Waals surface area contributed by atoms with E-state index in [9.17, 15) is 4.79 Å². The van der Waals surface area contributed by atoms with Crippen LogP contribution in [-0.4, -0.2) is 32.1 Å². The Hall–Kier alpha value is -1.88. The van der Waals surface area contributed by atoms with Crippen molar-refractivity contribution < 1.29 is 14.3 Å². The molecule has 5 atom stereocenters. The molecule has 1 heterocycles. The fraction of sp³-hybridized carbons (Fsp3) is 0.680. The van der Waals surface area contributed by atoms with Crippen LogP contribution in [-0.2, 0) is 14.3 Å². The molecule has 0 aromatic heterocycles. The Morgan fingerprint density at radius 1 is 1.27 bits per heavy atom. The summed E-state index contributed by atoms with van der Waals surface area (Å²) in [6.07, 6.45) is 18.0. The van der Waals surface area contributed by atoms with Gasteiger partial charge in [-0.25, -0.2) is 0 Å². The molecule has 1 aliphatic heterocycles. The third kappa shape index (κ3) is 4.27. The number of ether oxygens (including phenoxy) is 2. The summed E-state index contributed by atoms with van der Waals surface area (Å²) in [7, 11) is 3.41. The highest BCUT2D eigenvalue weighted by atomic mass is 16.5. The van der Waals surface area contributed by atoms with Crippen LogP contribution in [0.5, 0.6) is 0 Å². The van der Waals surface area contributed by atoms with E-state index in [1.807, 2.05) is 13.3 Å². The second-order valence-electron chi connectivity index (χ2n) is 9.53. The van der Waals surface area contributed by atoms with E-state index >= 15 is 0 Å². The third-order valence-electron chi connectivity index (χ3n) is 7.23. The van der Waals surface area contributed by atoms with Crippen molar-refractivity contribution >= 4 is 12.2 Å². The average molecular weight is 413 g/mol. The van der Waals surface area contributed by atoms with Crippen molar-refractivity contribution in [1.29, 1.82) is 0 Å². The normalized spacial score (nSPS) is 37.5. The lowest BCUT2D eigenvalue weighted by molar-refractivity contribution is -0.147. The predicted octanol–water partition coefficient (Wildman–Crippen LogP) is 4.91. The molecule has 0 spiro atoms. The summed E-state index contributed by atoms with van der Waals surface area (Å²) in [6.45, 7) is 2.36. The zero-order valence-corrected chi connectivity index (χ0v) is 18.7. The van der Waals surface area contributed by atoms with Gasteiger partial charge in [-0.15, -0.1) is 0 Å². The van der Waals surface area contributed by atoms with Gasteiger partial charge in [-0.2, -0.15) is 0 Å². The first-order chi connectivity index (χ1) is 14.5. The average Bonchev–Trinajstić information content (AvgIpc) is 2.75. The second kappa shape index (κ2) is 9.09. The van der Waals surface area contributed by atoms with Crippen LogP contribution in [0.1, 0.15) is 64.7 Å². The molecule has 0 aromatic rings. The van der Waals surface area contributed by atoms with Crippen LogP contribution in [0.25, 0.3) is 0 Å². The van der Waals surface area contributed by atoms with E-state index in [0.717, 1.165) is 43.7 Å². The van der Waals surface area contributed by atoms with Crippen LogP contribution in [0, 0.1) is 23.7 Å². The highest BCUT2D eigenvalue weighted by molar-refractivity contribution is 5.78. The topological polar surface area (TPSA) is 59.9 Å². The number of carbonyl (C=O) groups is 1. The van der Waals surface area contributed by atoms with Crippen molar-refractivity contribution in [2.75, 3.05) is 14.2 Å². The minimum absolute atomic E-state index is 0.214. The lowest BCUT2D eigenvalue weighted by Crippen LogP contribution is -2.56. The Kier molecular flexibility index (Phi) is 6.47. The fourth-order valence-electron chi connectivity index (χ4n) is 5.79. The van der Waals surface area contributed by atoms with E-state index in [2.05, 4.69) is 30.5 Å². The molecule has 0 aromatic carbocycles. The van der Waals surface area contributed by atoms with Gasteiger partial charge < -0.3 is 9.47 Å². The number of fused-ring (bicyclic) bond motifs is 2. The van der Waals surface area contributed by atoms with Crippen molar-refractivity contribution in [3.05, 3.63) is 35.3 Å². The van der Waals surface area contributed by atoms with Crippen molar-refractivity contribution in [3.8, 4) is 0 Å². The van der Waals surface area contributed by atoms with Crippen molar-refractivity contribution in [3.63, 3.8) is 0 Å². The highest BCUT2D eigenvalue weighted by Crippen LogP contribution is 2.46. The molecule has 5 unspecified atom stereocenters. The molecule has 5 nitrogen and oxygen atoms in total. The molecule has 0 saturated heterocycles. The second-order valence-corrected chi connectivity index (χ2v) is 9.53. The Balaban J connectivity index is 1.68. The number of hydrogen-bond acceptors (Lipinski definition) is 5. The molecule has 5 heteroatoms. The number of rotatable bonds is 3. The standard InChI is InChI=1S/C25H36N2O3/c1-17-11-18-13-19(12-17)15-20(14-18)25(26-2)16-27-22-10-8-6-4-5-7-9-21(23(22)30-25)24(28)29-3/h6,8,14,16-17,19-21,26H,4-5,7,9-13,15H2,1-3H3/b8-6-. The molecule has 1 N–H and O–H groups in total. The number of methoxy groups -OCH3 is 1. The molecule has 2 bridgehead atoms. The van der Waals surface area contributed by atoms with Gasteiger partial charge >= 0.3 is 5.97 Å². The van der Waals surface area contributed by atoms with Crippen LogP contribution in [0.4, 0.5) is 0 Å². The molecule has 0 radical (unpaired) electrons. The van der Waals surface area contributed by atoms with Gasteiger partial charge in [0.2, 0.25) is 5.72 Å². The zero-order chi connectivity index (χ0) is 21.1. The summed E-state index contributed by atoms with van der Waals surface area (Å²) in [5.74, 6) is 1.78. The number of carbonyl (C=O) groups excluding carboxylic acids is 1. The van der Waals surface area contributed by atoms with E-state index < -0.39 is 11.6 Å². The number of nitrogens with zero attached hydrogens (tertiary/aromatic N) is 1. The summed E-state index contributed by atoms with van der Waals surface area (Å²) < 4.78 is 11.9. The predicted molar refractivity (Wildman–Crippen MR) is 119 cm³/mol.